The topological polar surface area (TPSA) is 92.5 Å². The third kappa shape index (κ3) is 5.39. The van der Waals surface area contributed by atoms with Crippen LogP contribution in [0.4, 0.5) is 0 Å². The van der Waals surface area contributed by atoms with Gasteiger partial charge in [0.15, 0.2) is 0 Å². The largest absolute Gasteiger partial charge is 0.369 e. The molecular formula is C19H27N3O3. The molecular weight excluding hydrogens is 318 g/mol. The number of primary amides is 1. The van der Waals surface area contributed by atoms with E-state index in [-0.39, 0.29) is 23.9 Å². The van der Waals surface area contributed by atoms with Crippen molar-refractivity contribution in [1.82, 2.24) is 10.2 Å². The van der Waals surface area contributed by atoms with Crippen LogP contribution in [0.3, 0.4) is 0 Å². The van der Waals surface area contributed by atoms with Crippen LogP contribution in [-0.2, 0) is 15.0 Å². The first-order chi connectivity index (χ1) is 11.7. The maximum absolute atomic E-state index is 12.3. The van der Waals surface area contributed by atoms with Gasteiger partial charge in [0.1, 0.15) is 0 Å². The number of nitrogens with two attached hydrogens (primary N) is 1. The second-order valence-electron chi connectivity index (χ2n) is 7.65. The first-order valence-corrected chi connectivity index (χ1v) is 8.63. The average Bonchev–Trinajstić information content (AvgIpc) is 2.55. The number of carbonyl (C=O) groups excluding carboxylic acids is 3. The van der Waals surface area contributed by atoms with Gasteiger partial charge in [0.2, 0.25) is 11.7 Å². The van der Waals surface area contributed by atoms with Crippen molar-refractivity contribution in [1.29, 1.82) is 0 Å². The predicted molar refractivity (Wildman–Crippen MR) is 96.3 cm³/mol. The summed E-state index contributed by atoms with van der Waals surface area (Å²) >= 11 is 0. The van der Waals surface area contributed by atoms with E-state index in [1.165, 1.54) is 0 Å². The number of hydrogen-bond donors (Lipinski definition) is 2. The third-order valence-electron chi connectivity index (χ3n) is 4.52. The Morgan fingerprint density at radius 3 is 2.16 bits per heavy atom. The molecule has 1 aliphatic heterocycles. The van der Waals surface area contributed by atoms with Gasteiger partial charge in [-0.1, -0.05) is 45.0 Å². The van der Waals surface area contributed by atoms with Crippen LogP contribution in [0.2, 0.25) is 0 Å². The van der Waals surface area contributed by atoms with E-state index >= 15 is 0 Å². The molecule has 1 aromatic rings. The molecule has 6 nitrogen and oxygen atoms in total. The molecule has 6 heteroatoms. The summed E-state index contributed by atoms with van der Waals surface area (Å²) in [4.78, 5) is 37.4. The number of rotatable bonds is 5. The van der Waals surface area contributed by atoms with Crippen LogP contribution in [0.5, 0.6) is 0 Å². The highest BCUT2D eigenvalue weighted by Gasteiger charge is 2.25. The number of amides is 2. The van der Waals surface area contributed by atoms with Crippen LogP contribution in [0.25, 0.3) is 0 Å². The van der Waals surface area contributed by atoms with Crippen molar-refractivity contribution in [3.05, 3.63) is 35.4 Å². The van der Waals surface area contributed by atoms with E-state index in [0.29, 0.717) is 31.5 Å². The molecule has 0 aromatic heterocycles. The fourth-order valence-corrected chi connectivity index (χ4v) is 2.96. The van der Waals surface area contributed by atoms with Crippen molar-refractivity contribution in [2.45, 2.75) is 45.1 Å². The molecule has 1 saturated heterocycles. The van der Waals surface area contributed by atoms with E-state index in [1.807, 2.05) is 17.0 Å². The molecule has 0 spiro atoms. The second kappa shape index (κ2) is 7.78. The Balaban J connectivity index is 1.89. The lowest BCUT2D eigenvalue weighted by molar-refractivity contribution is -0.120. The summed E-state index contributed by atoms with van der Waals surface area (Å²) < 4.78 is 0. The summed E-state index contributed by atoms with van der Waals surface area (Å²) in [7, 11) is 0. The van der Waals surface area contributed by atoms with Gasteiger partial charge >= 0.3 is 0 Å². The second-order valence-corrected chi connectivity index (χ2v) is 7.65. The first-order valence-electron chi connectivity index (χ1n) is 8.63. The van der Waals surface area contributed by atoms with Crippen LogP contribution in [0.15, 0.2) is 24.3 Å². The molecule has 1 aromatic carbocycles. The highest BCUT2D eigenvalue weighted by atomic mass is 16.2. The molecule has 136 valence electrons. The molecule has 1 fully saturated rings. The number of piperidine rings is 1. The third-order valence-corrected chi connectivity index (χ3v) is 4.52. The number of Topliss-reactive ketones (excluding diaryl/α,β-unsaturated/α-hetero) is 1. The quantitative estimate of drug-likeness (QED) is 0.620. The van der Waals surface area contributed by atoms with Crippen LogP contribution in [-0.4, -0.2) is 48.2 Å². The molecule has 0 bridgehead atoms. The maximum Gasteiger partial charge on any atom is 0.292 e. The van der Waals surface area contributed by atoms with Crippen molar-refractivity contribution >= 4 is 17.6 Å². The fraction of sp³-hybridized carbons (Fsp3) is 0.526. The molecule has 1 heterocycles. The van der Waals surface area contributed by atoms with Crippen molar-refractivity contribution in [3.63, 3.8) is 0 Å². The molecule has 0 saturated carbocycles. The van der Waals surface area contributed by atoms with Gasteiger partial charge in [0, 0.05) is 24.7 Å². The Kier molecular flexibility index (Phi) is 5.95. The summed E-state index contributed by atoms with van der Waals surface area (Å²) in [6.45, 7) is 7.90. The van der Waals surface area contributed by atoms with Crippen molar-refractivity contribution < 1.29 is 14.4 Å². The van der Waals surface area contributed by atoms with E-state index in [9.17, 15) is 14.4 Å². The van der Waals surface area contributed by atoms with Gasteiger partial charge in [-0.3, -0.25) is 19.3 Å². The van der Waals surface area contributed by atoms with E-state index in [0.717, 1.165) is 5.56 Å². The van der Waals surface area contributed by atoms with Gasteiger partial charge in [0.05, 0.1) is 6.54 Å². The van der Waals surface area contributed by atoms with Gasteiger partial charge in [0.25, 0.3) is 5.91 Å². The van der Waals surface area contributed by atoms with Crippen molar-refractivity contribution in [2.75, 3.05) is 19.6 Å². The lowest BCUT2D eigenvalue weighted by Crippen LogP contribution is -2.48. The van der Waals surface area contributed by atoms with Crippen LogP contribution < -0.4 is 11.1 Å². The SMILES string of the molecule is CC(C)(C)c1ccc(C(=O)C(=O)NC2CCN(CC(N)=O)CC2)cc1. The Bertz CT molecular complexity index is 639. The minimum atomic E-state index is -0.572. The minimum Gasteiger partial charge on any atom is -0.369 e. The van der Waals surface area contributed by atoms with Gasteiger partial charge in [-0.05, 0) is 23.8 Å². The maximum atomic E-state index is 12.3. The molecule has 3 N–H and O–H groups in total. The highest BCUT2D eigenvalue weighted by molar-refractivity contribution is 6.42. The molecule has 0 atom stereocenters. The standard InChI is InChI=1S/C19H27N3O3/c1-19(2,3)14-6-4-13(5-7-14)17(24)18(25)21-15-8-10-22(11-9-15)12-16(20)23/h4-7,15H,8-12H2,1-3H3,(H2,20,23)(H,21,25). The Morgan fingerprint density at radius 1 is 1.12 bits per heavy atom. The molecule has 2 amide bonds. The van der Waals surface area contributed by atoms with Gasteiger partial charge in [-0.25, -0.2) is 0 Å². The monoisotopic (exact) mass is 345 g/mol. The Hall–Kier alpha value is -2.21. The minimum absolute atomic E-state index is 0.00270. The summed E-state index contributed by atoms with van der Waals surface area (Å²) in [6.07, 6.45) is 1.41. The zero-order valence-corrected chi connectivity index (χ0v) is 15.2. The Labute approximate surface area is 148 Å². The molecule has 2 rings (SSSR count). The van der Waals surface area contributed by atoms with E-state index in [2.05, 4.69) is 26.1 Å². The molecule has 25 heavy (non-hydrogen) atoms. The normalized spacial score (nSPS) is 16.4. The number of hydrogen-bond acceptors (Lipinski definition) is 4. The molecule has 0 aliphatic carbocycles. The van der Waals surface area contributed by atoms with E-state index in [1.54, 1.807) is 12.1 Å². The van der Waals surface area contributed by atoms with Crippen molar-refractivity contribution in [3.8, 4) is 0 Å². The number of nitrogens with zero attached hydrogens (tertiary/aromatic N) is 1. The Morgan fingerprint density at radius 2 is 1.68 bits per heavy atom. The van der Waals surface area contributed by atoms with Crippen molar-refractivity contribution in [2.24, 2.45) is 5.73 Å². The number of likely N-dealkylation sites (tertiary alicyclic amines) is 1. The lowest BCUT2D eigenvalue weighted by Gasteiger charge is -2.31. The van der Waals surface area contributed by atoms with Gasteiger partial charge in [-0.2, -0.15) is 0 Å². The summed E-state index contributed by atoms with van der Waals surface area (Å²) in [5.74, 6) is -1.44. The molecule has 1 aliphatic rings. The van der Waals surface area contributed by atoms with E-state index in [4.69, 9.17) is 5.73 Å². The van der Waals surface area contributed by atoms with Crippen LogP contribution in [0.1, 0.15) is 49.5 Å². The number of nitrogens with one attached hydrogen (secondary N) is 1. The summed E-state index contributed by atoms with van der Waals surface area (Å²) in [6, 6.07) is 7.15. The number of carbonyl (C=O) groups is 3. The smallest absolute Gasteiger partial charge is 0.292 e. The first kappa shape index (κ1) is 19.1. The van der Waals surface area contributed by atoms with Gasteiger partial charge < -0.3 is 11.1 Å². The van der Waals surface area contributed by atoms with Gasteiger partial charge in [-0.15, -0.1) is 0 Å². The average molecular weight is 345 g/mol. The highest BCUT2D eigenvalue weighted by Crippen LogP contribution is 2.22. The number of ketones is 1. The molecule has 0 unspecified atom stereocenters. The fourth-order valence-electron chi connectivity index (χ4n) is 2.96. The number of benzene rings is 1. The molecule has 0 radical (unpaired) electrons. The summed E-state index contributed by atoms with van der Waals surface area (Å²) in [5, 5.41) is 2.80. The van der Waals surface area contributed by atoms with Crippen LogP contribution in [0, 0.1) is 0 Å². The lowest BCUT2D eigenvalue weighted by atomic mass is 9.86. The van der Waals surface area contributed by atoms with Crippen LogP contribution >= 0.6 is 0 Å². The zero-order chi connectivity index (χ0) is 18.6. The van der Waals surface area contributed by atoms with E-state index < -0.39 is 11.7 Å². The summed E-state index contributed by atoms with van der Waals surface area (Å²) in [5.41, 5.74) is 6.70. The zero-order valence-electron chi connectivity index (χ0n) is 15.2. The predicted octanol–water partition coefficient (Wildman–Crippen LogP) is 1.23.